The first-order valence-electron chi connectivity index (χ1n) is 9.97. The summed E-state index contributed by atoms with van der Waals surface area (Å²) in [5.41, 5.74) is 3.44. The molecule has 29 heavy (non-hydrogen) atoms. The second kappa shape index (κ2) is 12.1. The van der Waals surface area contributed by atoms with Crippen LogP contribution in [0.4, 0.5) is 0 Å². The summed E-state index contributed by atoms with van der Waals surface area (Å²) < 4.78 is 11.1. The number of halogens is 1. The van der Waals surface area contributed by atoms with Crippen molar-refractivity contribution in [2.45, 2.75) is 40.4 Å². The summed E-state index contributed by atoms with van der Waals surface area (Å²) in [6.07, 6.45) is 0. The molecule has 0 spiro atoms. The second-order valence-corrected chi connectivity index (χ2v) is 7.01. The Hall–Kier alpha value is -1.65. The number of rotatable bonds is 7. The number of oxazole rings is 1. The molecule has 2 N–H and O–H groups in total. The Morgan fingerprint density at radius 3 is 2.62 bits per heavy atom. The number of guanidine groups is 1. The van der Waals surface area contributed by atoms with E-state index in [-0.39, 0.29) is 24.0 Å². The van der Waals surface area contributed by atoms with E-state index in [1.807, 2.05) is 13.8 Å². The molecular formula is C21H32IN5O2. The van der Waals surface area contributed by atoms with E-state index in [2.05, 4.69) is 51.7 Å². The highest BCUT2D eigenvalue weighted by Gasteiger charge is 2.11. The fourth-order valence-corrected chi connectivity index (χ4v) is 3.13. The van der Waals surface area contributed by atoms with Crippen LogP contribution in [0, 0.1) is 13.8 Å². The van der Waals surface area contributed by atoms with E-state index >= 15 is 0 Å². The van der Waals surface area contributed by atoms with Gasteiger partial charge in [0.15, 0.2) is 5.96 Å². The molecule has 0 bridgehead atoms. The van der Waals surface area contributed by atoms with E-state index in [1.165, 1.54) is 11.1 Å². The zero-order valence-corrected chi connectivity index (χ0v) is 19.9. The van der Waals surface area contributed by atoms with Gasteiger partial charge < -0.3 is 19.8 Å². The maximum absolute atomic E-state index is 5.62. The van der Waals surface area contributed by atoms with Crippen molar-refractivity contribution in [3.05, 3.63) is 52.7 Å². The van der Waals surface area contributed by atoms with E-state index < -0.39 is 0 Å². The van der Waals surface area contributed by atoms with Crippen LogP contribution >= 0.6 is 24.0 Å². The van der Waals surface area contributed by atoms with Gasteiger partial charge in [0.1, 0.15) is 5.76 Å². The van der Waals surface area contributed by atoms with Crippen molar-refractivity contribution in [3.63, 3.8) is 0 Å². The highest BCUT2D eigenvalue weighted by molar-refractivity contribution is 14.0. The van der Waals surface area contributed by atoms with Crippen LogP contribution in [0.1, 0.15) is 35.4 Å². The van der Waals surface area contributed by atoms with Crippen LogP contribution in [0.2, 0.25) is 0 Å². The fourth-order valence-electron chi connectivity index (χ4n) is 3.13. The molecule has 0 unspecified atom stereocenters. The van der Waals surface area contributed by atoms with E-state index in [4.69, 9.17) is 14.1 Å². The highest BCUT2D eigenvalue weighted by atomic mass is 127. The lowest BCUT2D eigenvalue weighted by Gasteiger charge is -2.26. The molecule has 1 saturated heterocycles. The summed E-state index contributed by atoms with van der Waals surface area (Å²) in [5, 5.41) is 6.56. The van der Waals surface area contributed by atoms with Crippen molar-refractivity contribution in [2.75, 3.05) is 32.8 Å². The van der Waals surface area contributed by atoms with Crippen molar-refractivity contribution >= 4 is 29.9 Å². The Morgan fingerprint density at radius 2 is 1.93 bits per heavy atom. The van der Waals surface area contributed by atoms with Gasteiger partial charge in [-0.15, -0.1) is 24.0 Å². The van der Waals surface area contributed by atoms with Gasteiger partial charge in [-0.05, 0) is 31.9 Å². The molecule has 1 fully saturated rings. The first-order valence-corrected chi connectivity index (χ1v) is 9.97. The number of nitrogens with zero attached hydrogens (tertiary/aromatic N) is 3. The van der Waals surface area contributed by atoms with Gasteiger partial charge in [-0.3, -0.25) is 4.90 Å². The van der Waals surface area contributed by atoms with Gasteiger partial charge in [0.25, 0.3) is 0 Å². The molecule has 0 amide bonds. The quantitative estimate of drug-likeness (QED) is 0.337. The van der Waals surface area contributed by atoms with E-state index in [0.29, 0.717) is 19.0 Å². The molecule has 8 heteroatoms. The summed E-state index contributed by atoms with van der Waals surface area (Å²) >= 11 is 0. The SMILES string of the molecule is CCNC(=NCc1cccc(CN2CCOCC2)c1)NCc1nc(C)c(C)o1.I. The number of hydrogen-bond donors (Lipinski definition) is 2. The third-order valence-corrected chi connectivity index (χ3v) is 4.75. The van der Waals surface area contributed by atoms with Crippen molar-refractivity contribution < 1.29 is 9.15 Å². The van der Waals surface area contributed by atoms with Crippen LogP contribution in [0.5, 0.6) is 0 Å². The first kappa shape index (κ1) is 23.6. The number of aromatic nitrogens is 1. The van der Waals surface area contributed by atoms with Gasteiger partial charge in [0.2, 0.25) is 5.89 Å². The van der Waals surface area contributed by atoms with Crippen LogP contribution in [-0.2, 0) is 24.4 Å². The summed E-state index contributed by atoms with van der Waals surface area (Å²) in [6, 6.07) is 8.65. The zero-order chi connectivity index (χ0) is 19.8. The Kier molecular flexibility index (Phi) is 9.89. The van der Waals surface area contributed by atoms with Gasteiger partial charge in [-0.25, -0.2) is 9.98 Å². The molecule has 1 aliphatic rings. The Morgan fingerprint density at radius 1 is 1.17 bits per heavy atom. The van der Waals surface area contributed by atoms with Gasteiger partial charge in [0.05, 0.1) is 32.0 Å². The molecule has 0 aliphatic carbocycles. The predicted molar refractivity (Wildman–Crippen MR) is 126 cm³/mol. The highest BCUT2D eigenvalue weighted by Crippen LogP contribution is 2.11. The lowest BCUT2D eigenvalue weighted by molar-refractivity contribution is 0.0342. The number of aliphatic imine (C=N–C) groups is 1. The molecule has 1 aliphatic heterocycles. The Balaban J connectivity index is 0.00000300. The lowest BCUT2D eigenvalue weighted by atomic mass is 10.1. The number of hydrogen-bond acceptors (Lipinski definition) is 5. The molecule has 0 radical (unpaired) electrons. The zero-order valence-electron chi connectivity index (χ0n) is 17.5. The van der Waals surface area contributed by atoms with Crippen molar-refractivity contribution in [1.29, 1.82) is 0 Å². The minimum Gasteiger partial charge on any atom is -0.444 e. The maximum Gasteiger partial charge on any atom is 0.214 e. The summed E-state index contributed by atoms with van der Waals surface area (Å²) in [6.45, 7) is 12.5. The second-order valence-electron chi connectivity index (χ2n) is 7.01. The van der Waals surface area contributed by atoms with Gasteiger partial charge in [-0.2, -0.15) is 0 Å². The average molecular weight is 513 g/mol. The minimum absolute atomic E-state index is 0. The molecule has 2 heterocycles. The van der Waals surface area contributed by atoms with Gasteiger partial charge >= 0.3 is 0 Å². The summed E-state index contributed by atoms with van der Waals surface area (Å²) in [4.78, 5) is 11.5. The van der Waals surface area contributed by atoms with Crippen molar-refractivity contribution in [3.8, 4) is 0 Å². The third kappa shape index (κ3) is 7.60. The van der Waals surface area contributed by atoms with E-state index in [9.17, 15) is 0 Å². The van der Waals surface area contributed by atoms with Crippen molar-refractivity contribution in [2.24, 2.45) is 4.99 Å². The Bertz CT molecular complexity index is 768. The topological polar surface area (TPSA) is 74.9 Å². The first-order chi connectivity index (χ1) is 13.6. The van der Waals surface area contributed by atoms with Crippen LogP contribution in [0.3, 0.4) is 0 Å². The van der Waals surface area contributed by atoms with E-state index in [0.717, 1.165) is 56.8 Å². The lowest BCUT2D eigenvalue weighted by Crippen LogP contribution is -2.36. The molecule has 0 atom stereocenters. The molecule has 2 aromatic rings. The van der Waals surface area contributed by atoms with Crippen molar-refractivity contribution in [1.82, 2.24) is 20.5 Å². The minimum atomic E-state index is 0. The number of nitrogens with one attached hydrogen (secondary N) is 2. The summed E-state index contributed by atoms with van der Waals surface area (Å²) in [5.74, 6) is 2.29. The molecule has 3 rings (SSSR count). The molecule has 1 aromatic heterocycles. The number of morpholine rings is 1. The van der Waals surface area contributed by atoms with Gasteiger partial charge in [0, 0.05) is 26.2 Å². The predicted octanol–water partition coefficient (Wildman–Crippen LogP) is 3.00. The summed E-state index contributed by atoms with van der Waals surface area (Å²) in [7, 11) is 0. The van der Waals surface area contributed by atoms with Crippen LogP contribution in [0.25, 0.3) is 0 Å². The monoisotopic (exact) mass is 513 g/mol. The van der Waals surface area contributed by atoms with E-state index in [1.54, 1.807) is 0 Å². The Labute approximate surface area is 190 Å². The number of aryl methyl sites for hydroxylation is 2. The fraction of sp³-hybridized carbons (Fsp3) is 0.524. The molecule has 160 valence electrons. The average Bonchev–Trinajstić information content (AvgIpc) is 3.03. The number of benzene rings is 1. The maximum atomic E-state index is 5.62. The van der Waals surface area contributed by atoms with Gasteiger partial charge in [-0.1, -0.05) is 24.3 Å². The smallest absolute Gasteiger partial charge is 0.214 e. The third-order valence-electron chi connectivity index (χ3n) is 4.75. The van der Waals surface area contributed by atoms with Crippen LogP contribution in [0.15, 0.2) is 33.7 Å². The molecular weight excluding hydrogens is 481 g/mol. The standard InChI is InChI=1S/C21H31N5O2.HI/c1-4-22-21(24-14-20-25-16(2)17(3)28-20)23-13-18-6-5-7-19(12-18)15-26-8-10-27-11-9-26;/h5-7,12H,4,8-11,13-15H2,1-3H3,(H2,22,23,24);1H. The van der Waals surface area contributed by atoms with Crippen LogP contribution in [-0.4, -0.2) is 48.7 Å². The number of ether oxygens (including phenoxy) is 1. The molecule has 7 nitrogen and oxygen atoms in total. The normalized spacial score (nSPS) is 15.1. The molecule has 0 saturated carbocycles. The van der Waals surface area contributed by atoms with Crippen LogP contribution < -0.4 is 10.6 Å². The largest absolute Gasteiger partial charge is 0.444 e. The molecule has 1 aromatic carbocycles.